The minimum Gasteiger partial charge on any atom is -0.477 e. The monoisotopic (exact) mass is 587 g/mol. The molecule has 0 aliphatic carbocycles. The molecule has 1 N–H and O–H groups in total. The summed E-state index contributed by atoms with van der Waals surface area (Å²) in [4.78, 5) is 28.6. The van der Waals surface area contributed by atoms with Crippen LogP contribution in [0.15, 0.2) is 102 Å². The number of anilines is 2. The van der Waals surface area contributed by atoms with Gasteiger partial charge >= 0.3 is 0 Å². The number of amides is 2. The lowest BCUT2D eigenvalue weighted by Crippen LogP contribution is -2.50. The van der Waals surface area contributed by atoms with E-state index in [-0.39, 0.29) is 29.8 Å². The maximum absolute atomic E-state index is 13.8. The zero-order chi connectivity index (χ0) is 28.6. The third-order valence-corrected chi connectivity index (χ3v) is 9.28. The molecule has 1 atom stereocenters. The Morgan fingerprint density at radius 1 is 0.902 bits per heavy atom. The summed E-state index contributed by atoms with van der Waals surface area (Å²) in [5.74, 6) is -0.185. The number of ether oxygens (including phenoxy) is 1. The molecule has 2 aliphatic rings. The van der Waals surface area contributed by atoms with Gasteiger partial charge in [0.05, 0.1) is 22.8 Å². The molecule has 0 aromatic heterocycles. The summed E-state index contributed by atoms with van der Waals surface area (Å²) >= 11 is 5.94. The van der Waals surface area contributed by atoms with Gasteiger partial charge in [-0.2, -0.15) is 0 Å². The van der Waals surface area contributed by atoms with Crippen molar-refractivity contribution in [2.75, 3.05) is 22.3 Å². The highest BCUT2D eigenvalue weighted by molar-refractivity contribution is 7.92. The van der Waals surface area contributed by atoms with E-state index in [4.69, 9.17) is 16.3 Å². The molecule has 0 fully saturated rings. The van der Waals surface area contributed by atoms with E-state index in [1.54, 1.807) is 59.5 Å². The van der Waals surface area contributed by atoms with Crippen LogP contribution in [0.2, 0.25) is 5.02 Å². The Balaban J connectivity index is 1.24. The quantitative estimate of drug-likeness (QED) is 0.349. The van der Waals surface area contributed by atoms with Gasteiger partial charge in [0.25, 0.3) is 21.8 Å². The van der Waals surface area contributed by atoms with Gasteiger partial charge in [0.1, 0.15) is 5.75 Å². The smallest absolute Gasteiger partial charge is 0.264 e. The number of rotatable bonds is 6. The summed E-state index contributed by atoms with van der Waals surface area (Å²) in [6, 6.07) is 27.7. The molecular formula is C31H26ClN3O5S. The minimum atomic E-state index is -3.79. The van der Waals surface area contributed by atoms with Crippen molar-refractivity contribution in [1.29, 1.82) is 0 Å². The third kappa shape index (κ3) is 5.26. The first-order chi connectivity index (χ1) is 19.8. The van der Waals surface area contributed by atoms with Crippen LogP contribution >= 0.6 is 11.6 Å². The topological polar surface area (TPSA) is 96.0 Å². The van der Waals surface area contributed by atoms with Crippen LogP contribution < -0.4 is 19.3 Å². The Morgan fingerprint density at radius 3 is 2.41 bits per heavy atom. The molecule has 0 unspecified atom stereocenters. The second-order valence-electron chi connectivity index (χ2n) is 9.82. The van der Waals surface area contributed by atoms with Gasteiger partial charge in [-0.3, -0.25) is 13.9 Å². The summed E-state index contributed by atoms with van der Waals surface area (Å²) in [7, 11) is -3.79. The number of benzene rings is 4. The molecule has 2 aliphatic heterocycles. The lowest BCUT2D eigenvalue weighted by Gasteiger charge is -2.34. The fourth-order valence-corrected chi connectivity index (χ4v) is 6.74. The highest BCUT2D eigenvalue weighted by Gasteiger charge is 2.36. The van der Waals surface area contributed by atoms with E-state index < -0.39 is 16.1 Å². The van der Waals surface area contributed by atoms with Gasteiger partial charge in [-0.15, -0.1) is 0 Å². The molecule has 0 saturated carbocycles. The van der Waals surface area contributed by atoms with Crippen LogP contribution in [0.25, 0.3) is 0 Å². The fourth-order valence-electron chi connectivity index (χ4n) is 5.11. The number of sulfonamides is 1. The number of hydrogen-bond donors (Lipinski definition) is 1. The highest BCUT2D eigenvalue weighted by atomic mass is 35.5. The van der Waals surface area contributed by atoms with Crippen LogP contribution in [0.5, 0.6) is 5.75 Å². The second kappa shape index (κ2) is 10.9. The summed E-state index contributed by atoms with van der Waals surface area (Å²) in [5.41, 5.74) is 3.21. The van der Waals surface area contributed by atoms with Crippen molar-refractivity contribution < 1.29 is 22.7 Å². The van der Waals surface area contributed by atoms with Crippen molar-refractivity contribution in [3.8, 4) is 5.75 Å². The predicted molar refractivity (Wildman–Crippen MR) is 157 cm³/mol. The molecule has 0 bridgehead atoms. The molecule has 6 rings (SSSR count). The zero-order valence-electron chi connectivity index (χ0n) is 21.9. The van der Waals surface area contributed by atoms with Crippen molar-refractivity contribution in [2.24, 2.45) is 0 Å². The summed E-state index contributed by atoms with van der Waals surface area (Å²) in [5, 5.41) is 3.35. The van der Waals surface area contributed by atoms with Gasteiger partial charge in [-0.05, 0) is 72.1 Å². The van der Waals surface area contributed by atoms with Crippen LogP contribution in [0.1, 0.15) is 21.5 Å². The van der Waals surface area contributed by atoms with Gasteiger partial charge in [-0.1, -0.05) is 54.1 Å². The first-order valence-electron chi connectivity index (χ1n) is 13.1. The van der Waals surface area contributed by atoms with Crippen LogP contribution in [0.4, 0.5) is 11.4 Å². The molecule has 10 heteroatoms. The minimum absolute atomic E-state index is 0.0324. The number of fused-ring (bicyclic) bond motifs is 2. The molecule has 41 heavy (non-hydrogen) atoms. The Bertz CT molecular complexity index is 1730. The number of halogens is 1. The van der Waals surface area contributed by atoms with Crippen molar-refractivity contribution in [1.82, 2.24) is 5.32 Å². The van der Waals surface area contributed by atoms with E-state index >= 15 is 0 Å². The first kappa shape index (κ1) is 26.9. The fraction of sp³-hybridized carbons (Fsp3) is 0.161. The van der Waals surface area contributed by atoms with Crippen LogP contribution in [-0.4, -0.2) is 39.4 Å². The highest BCUT2D eigenvalue weighted by Crippen LogP contribution is 2.37. The van der Waals surface area contributed by atoms with Gasteiger partial charge in [0.15, 0.2) is 6.10 Å². The normalized spacial score (nSPS) is 16.0. The summed E-state index contributed by atoms with van der Waals surface area (Å²) in [6.45, 7) is 0.641. The van der Waals surface area contributed by atoms with Crippen LogP contribution in [0, 0.1) is 0 Å². The first-order valence-corrected chi connectivity index (χ1v) is 14.9. The third-order valence-electron chi connectivity index (χ3n) is 7.20. The summed E-state index contributed by atoms with van der Waals surface area (Å²) in [6.07, 6.45) is -0.431. The maximum atomic E-state index is 13.8. The van der Waals surface area contributed by atoms with Gasteiger partial charge in [0, 0.05) is 23.7 Å². The molecule has 8 nitrogen and oxygen atoms in total. The Morgan fingerprint density at radius 2 is 1.63 bits per heavy atom. The second-order valence-corrected chi connectivity index (χ2v) is 12.1. The molecule has 2 heterocycles. The number of hydrogen-bond acceptors (Lipinski definition) is 5. The lowest BCUT2D eigenvalue weighted by atomic mass is 10.1. The van der Waals surface area contributed by atoms with Gasteiger partial charge in [-0.25, -0.2) is 8.42 Å². The van der Waals surface area contributed by atoms with E-state index in [2.05, 4.69) is 5.32 Å². The SMILES string of the molecule is O=C(NCc1ccccc1)[C@@H]1CN(C(=O)c2ccc3c(c2)CCN3S(=O)(=O)c2ccc(Cl)cc2)c2ccccc2O1. The van der Waals surface area contributed by atoms with E-state index in [9.17, 15) is 18.0 Å². The number of carbonyl (C=O) groups is 2. The number of carbonyl (C=O) groups excluding carboxylic acids is 2. The Labute approximate surface area is 243 Å². The number of nitrogens with one attached hydrogen (secondary N) is 1. The largest absolute Gasteiger partial charge is 0.477 e. The van der Waals surface area contributed by atoms with E-state index in [1.165, 1.54) is 16.4 Å². The number of para-hydroxylation sites is 2. The van der Waals surface area contributed by atoms with E-state index in [0.29, 0.717) is 40.7 Å². The van der Waals surface area contributed by atoms with Gasteiger partial charge in [0.2, 0.25) is 0 Å². The van der Waals surface area contributed by atoms with Gasteiger partial charge < -0.3 is 15.0 Å². The molecule has 2 amide bonds. The van der Waals surface area contributed by atoms with Crippen molar-refractivity contribution in [3.63, 3.8) is 0 Å². The predicted octanol–water partition coefficient (Wildman–Crippen LogP) is 4.82. The average molecular weight is 588 g/mol. The van der Waals surface area contributed by atoms with Crippen LogP contribution in [0.3, 0.4) is 0 Å². The Kier molecular flexibility index (Phi) is 7.15. The van der Waals surface area contributed by atoms with Crippen molar-refractivity contribution in [3.05, 3.63) is 119 Å². The van der Waals surface area contributed by atoms with Crippen molar-refractivity contribution in [2.45, 2.75) is 24.0 Å². The molecular weight excluding hydrogens is 562 g/mol. The average Bonchev–Trinajstić information content (AvgIpc) is 3.44. The van der Waals surface area contributed by atoms with E-state index in [0.717, 1.165) is 11.1 Å². The molecule has 0 radical (unpaired) electrons. The Hall–Kier alpha value is -4.34. The molecule has 4 aromatic rings. The molecule has 208 valence electrons. The standard InChI is InChI=1S/C31H26ClN3O5S/c32-24-11-13-25(14-12-24)41(38,39)35-17-16-22-18-23(10-15-26(22)35)31(37)34-20-29(40-28-9-5-4-8-27(28)34)30(36)33-19-21-6-2-1-3-7-21/h1-15,18,29H,16-17,19-20H2,(H,33,36)/t29-/m0/s1. The van der Waals surface area contributed by atoms with Crippen LogP contribution in [-0.2, 0) is 27.8 Å². The summed E-state index contributed by atoms with van der Waals surface area (Å²) < 4.78 is 34.0. The number of nitrogens with zero attached hydrogens (tertiary/aromatic N) is 2. The van der Waals surface area contributed by atoms with Crippen molar-refractivity contribution >= 4 is 44.8 Å². The molecule has 0 spiro atoms. The molecule has 0 saturated heterocycles. The zero-order valence-corrected chi connectivity index (χ0v) is 23.4. The lowest BCUT2D eigenvalue weighted by molar-refractivity contribution is -0.128. The molecule has 4 aromatic carbocycles. The van der Waals surface area contributed by atoms with E-state index in [1.807, 2.05) is 30.3 Å². The maximum Gasteiger partial charge on any atom is 0.264 e.